The second-order valence-electron chi connectivity index (χ2n) is 12.3. The lowest BCUT2D eigenvalue weighted by Crippen LogP contribution is -2.28. The van der Waals surface area contributed by atoms with Crippen LogP contribution in [0.1, 0.15) is 62.5 Å². The van der Waals surface area contributed by atoms with Gasteiger partial charge in [-0.3, -0.25) is 0 Å². The van der Waals surface area contributed by atoms with E-state index in [1.165, 1.54) is 23.9 Å². The van der Waals surface area contributed by atoms with E-state index in [0.717, 1.165) is 89.7 Å². The highest BCUT2D eigenvalue weighted by Crippen LogP contribution is 2.38. The largest absolute Gasteiger partial charge is 0.416 e. The van der Waals surface area contributed by atoms with Crippen LogP contribution in [0.25, 0.3) is 0 Å². The van der Waals surface area contributed by atoms with Crippen LogP contribution in [0, 0.1) is 6.92 Å². The van der Waals surface area contributed by atoms with Gasteiger partial charge >= 0.3 is 6.18 Å². The van der Waals surface area contributed by atoms with Crippen molar-refractivity contribution in [1.29, 1.82) is 0 Å². The number of benzene rings is 2. The number of rotatable bonds is 8. The van der Waals surface area contributed by atoms with Crippen molar-refractivity contribution in [3.63, 3.8) is 0 Å². The van der Waals surface area contributed by atoms with Crippen LogP contribution in [0.4, 0.5) is 36.7 Å². The minimum Gasteiger partial charge on any atom is -0.393 e. The van der Waals surface area contributed by atoms with Crippen molar-refractivity contribution < 1.29 is 23.4 Å². The molecule has 2 saturated carbocycles. The Kier molecular flexibility index (Phi) is 12.9. The van der Waals surface area contributed by atoms with Crippen molar-refractivity contribution in [2.75, 3.05) is 22.1 Å². The summed E-state index contributed by atoms with van der Waals surface area (Å²) in [6.07, 6.45) is 5.08. The van der Waals surface area contributed by atoms with Crippen LogP contribution < -0.4 is 22.1 Å². The Balaban J connectivity index is 0.000000195. The highest BCUT2D eigenvalue weighted by Gasteiger charge is 2.30. The molecule has 0 spiro atoms. The van der Waals surface area contributed by atoms with E-state index < -0.39 is 11.7 Å². The number of hydrogen-bond acceptors (Lipinski definition) is 12. The van der Waals surface area contributed by atoms with Gasteiger partial charge in [0, 0.05) is 39.3 Å². The molecule has 0 bridgehead atoms. The van der Waals surface area contributed by atoms with Gasteiger partial charge in [0.2, 0.25) is 11.9 Å². The molecule has 2 aliphatic rings. The first-order chi connectivity index (χ1) is 23.8. The second-order valence-corrected chi connectivity index (χ2v) is 15.0. The van der Waals surface area contributed by atoms with Crippen LogP contribution in [0.5, 0.6) is 0 Å². The molecule has 8 N–H and O–H groups in total. The zero-order valence-electron chi connectivity index (χ0n) is 27.3. The lowest BCUT2D eigenvalue weighted by molar-refractivity contribution is -0.137. The maximum absolute atomic E-state index is 12.7. The number of aromatic nitrogens is 4. The average molecular weight is 749 g/mol. The zero-order chi connectivity index (χ0) is 35.8. The Morgan fingerprint density at radius 2 is 1.20 bits per heavy atom. The lowest BCUT2D eigenvalue weighted by Gasteiger charge is -2.27. The maximum Gasteiger partial charge on any atom is 0.416 e. The molecule has 2 aliphatic carbocycles. The third-order valence-electron chi connectivity index (χ3n) is 8.39. The SMILES string of the molecule is Cc1cc(Cl)ccc1Sc1cnc(N)nc1N[C@H]1CC[C@H](O)CC1.Nc1ncc(Sc2ccc(C(F)(F)F)cc2)c(N[C@H]2CC[C@H](O)CC2)n1. The van der Waals surface area contributed by atoms with Crippen molar-refractivity contribution in [2.45, 2.75) is 108 Å². The van der Waals surface area contributed by atoms with Gasteiger partial charge in [0.05, 0.1) is 27.6 Å². The lowest BCUT2D eigenvalue weighted by atomic mass is 9.93. The molecular weight excluding hydrogens is 709 g/mol. The van der Waals surface area contributed by atoms with Crippen LogP contribution in [-0.4, -0.2) is 54.4 Å². The Morgan fingerprint density at radius 3 is 1.66 bits per heavy atom. The number of aliphatic hydroxyl groups excluding tert-OH is 2. The Hall–Kier alpha value is -3.50. The number of alkyl halides is 3. The number of aryl methyl sites for hydroxylation is 1. The van der Waals surface area contributed by atoms with Gasteiger partial charge in [-0.05, 0) is 106 Å². The van der Waals surface area contributed by atoms with Crippen molar-refractivity contribution >= 4 is 58.7 Å². The average Bonchev–Trinajstić information content (AvgIpc) is 3.07. The van der Waals surface area contributed by atoms with Crippen LogP contribution in [-0.2, 0) is 6.18 Å². The van der Waals surface area contributed by atoms with Gasteiger partial charge in [-0.25, -0.2) is 9.97 Å². The number of nitrogen functional groups attached to an aromatic ring is 2. The Morgan fingerprint density at radius 1 is 0.720 bits per heavy atom. The predicted molar refractivity (Wildman–Crippen MR) is 193 cm³/mol. The van der Waals surface area contributed by atoms with Crippen molar-refractivity contribution in [1.82, 2.24) is 19.9 Å². The summed E-state index contributed by atoms with van der Waals surface area (Å²) >= 11 is 8.90. The molecule has 0 atom stereocenters. The fraction of sp³-hybridized carbons (Fsp3) is 0.412. The Bertz CT molecular complexity index is 1720. The normalized spacial score (nSPS) is 20.8. The van der Waals surface area contributed by atoms with Gasteiger partial charge in [-0.15, -0.1) is 0 Å². The minimum absolute atomic E-state index is 0.125. The molecular formula is C34H40ClF3N8O2S2. The molecule has 10 nitrogen and oxygen atoms in total. The van der Waals surface area contributed by atoms with Gasteiger partial charge < -0.3 is 32.3 Å². The molecule has 2 aromatic carbocycles. The van der Waals surface area contributed by atoms with E-state index >= 15 is 0 Å². The number of nitrogens with zero attached hydrogens (tertiary/aromatic N) is 4. The molecule has 0 unspecified atom stereocenters. The van der Waals surface area contributed by atoms with Crippen LogP contribution >= 0.6 is 35.1 Å². The first-order valence-electron chi connectivity index (χ1n) is 16.3. The van der Waals surface area contributed by atoms with Crippen molar-refractivity contribution in [3.05, 3.63) is 71.0 Å². The van der Waals surface area contributed by atoms with E-state index in [-0.39, 0.29) is 30.1 Å². The van der Waals surface area contributed by atoms with Gasteiger partial charge in [-0.1, -0.05) is 35.1 Å². The fourth-order valence-electron chi connectivity index (χ4n) is 5.64. The quantitative estimate of drug-likeness (QED) is 0.103. The molecule has 2 fully saturated rings. The van der Waals surface area contributed by atoms with Crippen LogP contribution in [0.2, 0.25) is 5.02 Å². The Labute approximate surface area is 302 Å². The second kappa shape index (κ2) is 17.1. The first kappa shape index (κ1) is 37.7. The molecule has 50 heavy (non-hydrogen) atoms. The molecule has 0 aliphatic heterocycles. The third kappa shape index (κ3) is 11.0. The molecule has 6 rings (SSSR count). The van der Waals surface area contributed by atoms with Gasteiger partial charge in [-0.2, -0.15) is 23.1 Å². The predicted octanol–water partition coefficient (Wildman–Crippen LogP) is 7.83. The standard InChI is InChI=1S/C17H21ClN4OS.C17H19F3N4OS/c1-10-8-11(18)2-7-14(10)24-15-9-20-17(19)22-16(15)21-12-3-5-13(23)6-4-12;18-17(19,20)10-1-7-13(8-2-10)26-14-9-22-16(21)24-15(14)23-11-3-5-12(25)6-4-11/h2,7-9,12-13,23H,3-6H2,1H3,(H3,19,20,21,22);1-2,7-9,11-12,25H,3-6H2,(H3,21,22,23,24)/t12-,13-;11-,12-. The number of halogens is 4. The van der Waals surface area contributed by atoms with Gasteiger partial charge in [0.15, 0.2) is 0 Å². The highest BCUT2D eigenvalue weighted by atomic mass is 35.5. The molecule has 268 valence electrons. The highest BCUT2D eigenvalue weighted by molar-refractivity contribution is 7.99. The number of aliphatic hydroxyl groups is 2. The summed E-state index contributed by atoms with van der Waals surface area (Å²) in [6.45, 7) is 2.03. The zero-order valence-corrected chi connectivity index (χ0v) is 29.7. The third-order valence-corrected chi connectivity index (χ3v) is 10.8. The first-order valence-corrected chi connectivity index (χ1v) is 18.3. The fourth-order valence-corrected chi connectivity index (χ4v) is 7.60. The maximum atomic E-state index is 12.7. The van der Waals surface area contributed by atoms with E-state index in [1.54, 1.807) is 24.2 Å². The monoisotopic (exact) mass is 748 g/mol. The van der Waals surface area contributed by atoms with Gasteiger partial charge in [0.1, 0.15) is 11.6 Å². The number of nitrogens with one attached hydrogen (secondary N) is 2. The summed E-state index contributed by atoms with van der Waals surface area (Å²) in [5.41, 5.74) is 11.9. The number of nitrogens with two attached hydrogens (primary N) is 2. The van der Waals surface area contributed by atoms with Crippen molar-refractivity contribution in [3.8, 4) is 0 Å². The topological polar surface area (TPSA) is 168 Å². The van der Waals surface area contributed by atoms with Crippen LogP contribution in [0.15, 0.2) is 74.4 Å². The summed E-state index contributed by atoms with van der Waals surface area (Å²) in [5, 5.41) is 26.8. The van der Waals surface area contributed by atoms with Gasteiger partial charge in [0.25, 0.3) is 0 Å². The van der Waals surface area contributed by atoms with E-state index in [9.17, 15) is 23.4 Å². The van der Waals surface area contributed by atoms with E-state index in [2.05, 4.69) is 30.6 Å². The molecule has 16 heteroatoms. The smallest absolute Gasteiger partial charge is 0.393 e. The molecule has 0 saturated heterocycles. The molecule has 2 aromatic heterocycles. The van der Waals surface area contributed by atoms with E-state index in [1.807, 2.05) is 25.1 Å². The number of hydrogen-bond donors (Lipinski definition) is 6. The number of anilines is 4. The summed E-state index contributed by atoms with van der Waals surface area (Å²) < 4.78 is 38.0. The van der Waals surface area contributed by atoms with E-state index in [0.29, 0.717) is 21.7 Å². The summed E-state index contributed by atoms with van der Waals surface area (Å²) in [6, 6.07) is 11.2. The summed E-state index contributed by atoms with van der Waals surface area (Å²) in [7, 11) is 0. The van der Waals surface area contributed by atoms with Crippen molar-refractivity contribution in [2.24, 2.45) is 0 Å². The molecule has 2 heterocycles. The molecule has 0 amide bonds. The molecule has 4 aromatic rings. The molecule has 0 radical (unpaired) electrons. The summed E-state index contributed by atoms with van der Waals surface area (Å²) in [5.74, 6) is 1.69. The summed E-state index contributed by atoms with van der Waals surface area (Å²) in [4.78, 5) is 20.1. The van der Waals surface area contributed by atoms with E-state index in [4.69, 9.17) is 23.1 Å². The minimum atomic E-state index is -4.36. The van der Waals surface area contributed by atoms with Crippen LogP contribution in [0.3, 0.4) is 0 Å².